The molecule has 1 aromatic heterocycles. The average molecular weight is 258 g/mol. The van der Waals surface area contributed by atoms with Crippen LogP contribution in [-0.4, -0.2) is 22.0 Å². The van der Waals surface area contributed by atoms with Crippen molar-refractivity contribution in [2.45, 2.75) is 0 Å². The van der Waals surface area contributed by atoms with Crippen LogP contribution in [0.4, 0.5) is 5.69 Å². The number of rotatable bonds is 2. The Kier molecular flexibility index (Phi) is 4.02. The Morgan fingerprint density at radius 3 is 2.78 bits per heavy atom. The lowest BCUT2D eigenvalue weighted by atomic mass is 10.2. The maximum absolute atomic E-state index is 11.7. The van der Waals surface area contributed by atoms with Gasteiger partial charge in [-0.05, 0) is 35.8 Å². The van der Waals surface area contributed by atoms with Gasteiger partial charge in [0.25, 0.3) is 5.91 Å². The lowest BCUT2D eigenvalue weighted by Crippen LogP contribution is -2.12. The average Bonchev–Trinajstić information content (AvgIpc) is 2.92. The van der Waals surface area contributed by atoms with Gasteiger partial charge in [0.1, 0.15) is 0 Å². The van der Waals surface area contributed by atoms with Gasteiger partial charge >= 0.3 is 0 Å². The topological polar surface area (TPSA) is 80.9 Å². The molecule has 0 aliphatic carbocycles. The molecular formula is C12H10N4OS. The molecule has 2 rings (SSSR count). The van der Waals surface area contributed by atoms with Gasteiger partial charge in [0, 0.05) is 16.6 Å². The van der Waals surface area contributed by atoms with Gasteiger partial charge < -0.3 is 11.1 Å². The van der Waals surface area contributed by atoms with E-state index in [1.165, 1.54) is 0 Å². The smallest absolute Gasteiger partial charge is 0.277 e. The minimum atomic E-state index is -0.274. The van der Waals surface area contributed by atoms with Crippen molar-refractivity contribution < 1.29 is 4.79 Å². The number of carbonyl (C=O) groups excluding carboxylic acids is 1. The first kappa shape index (κ1) is 12.2. The fourth-order valence-electron chi connectivity index (χ4n) is 1.25. The lowest BCUT2D eigenvalue weighted by Gasteiger charge is -2.02. The van der Waals surface area contributed by atoms with Crippen molar-refractivity contribution in [2.75, 3.05) is 11.9 Å². The van der Waals surface area contributed by atoms with Gasteiger partial charge in [0.2, 0.25) is 0 Å². The molecule has 0 saturated carbocycles. The van der Waals surface area contributed by atoms with Gasteiger partial charge in [0.05, 0.1) is 6.54 Å². The van der Waals surface area contributed by atoms with Crippen LogP contribution in [0.1, 0.15) is 16.1 Å². The highest BCUT2D eigenvalue weighted by atomic mass is 32.1. The molecule has 0 atom stereocenters. The van der Waals surface area contributed by atoms with Gasteiger partial charge in [0.15, 0.2) is 5.69 Å². The largest absolute Gasteiger partial charge is 0.321 e. The third kappa shape index (κ3) is 3.13. The Morgan fingerprint density at radius 1 is 1.39 bits per heavy atom. The molecule has 2 aromatic rings. The van der Waals surface area contributed by atoms with E-state index in [1.54, 1.807) is 17.5 Å². The van der Waals surface area contributed by atoms with Crippen molar-refractivity contribution >= 4 is 23.1 Å². The number of benzene rings is 1. The molecule has 3 N–H and O–H groups in total. The maximum atomic E-state index is 11.7. The van der Waals surface area contributed by atoms with E-state index in [-0.39, 0.29) is 5.91 Å². The van der Waals surface area contributed by atoms with Crippen LogP contribution in [0.25, 0.3) is 0 Å². The second-order valence-electron chi connectivity index (χ2n) is 3.33. The van der Waals surface area contributed by atoms with Gasteiger partial charge in [-0.25, -0.2) is 0 Å². The second-order valence-corrected chi connectivity index (χ2v) is 3.94. The Morgan fingerprint density at radius 2 is 2.17 bits per heavy atom. The highest BCUT2D eigenvalue weighted by Crippen LogP contribution is 2.10. The van der Waals surface area contributed by atoms with E-state index in [9.17, 15) is 4.79 Å². The van der Waals surface area contributed by atoms with Crippen molar-refractivity contribution in [3.63, 3.8) is 0 Å². The standard InChI is InChI=1S/C12H10N4OS/c13-7-1-2-9-3-5-10(6-4-9)14-12(17)11-8-18-16-15-11/h3-6,8H,7,13H2,(H,14,17). The first-order valence-electron chi connectivity index (χ1n) is 5.17. The summed E-state index contributed by atoms with van der Waals surface area (Å²) in [5, 5.41) is 8.00. The fourth-order valence-corrected chi connectivity index (χ4v) is 1.68. The minimum Gasteiger partial charge on any atom is -0.321 e. The van der Waals surface area contributed by atoms with Gasteiger partial charge in [-0.15, -0.1) is 5.10 Å². The SMILES string of the molecule is NCC#Cc1ccc(NC(=O)c2csnn2)cc1. The molecule has 6 heteroatoms. The van der Waals surface area contributed by atoms with E-state index in [1.807, 2.05) is 12.1 Å². The molecule has 0 bridgehead atoms. The van der Waals surface area contributed by atoms with Crippen LogP contribution < -0.4 is 11.1 Å². The molecule has 1 aromatic carbocycles. The molecule has 0 fully saturated rings. The molecule has 0 spiro atoms. The van der Waals surface area contributed by atoms with Crippen LogP contribution in [0, 0.1) is 11.8 Å². The molecule has 0 radical (unpaired) electrons. The Balaban J connectivity index is 2.04. The number of anilines is 1. The Bertz CT molecular complexity index is 581. The number of hydrogen-bond acceptors (Lipinski definition) is 5. The summed E-state index contributed by atoms with van der Waals surface area (Å²) >= 11 is 1.14. The molecule has 0 aliphatic rings. The molecule has 90 valence electrons. The number of amides is 1. The zero-order chi connectivity index (χ0) is 12.8. The van der Waals surface area contributed by atoms with Crippen LogP contribution in [-0.2, 0) is 0 Å². The second kappa shape index (κ2) is 5.91. The number of carbonyl (C=O) groups is 1. The number of nitrogens with one attached hydrogen (secondary N) is 1. The molecular weight excluding hydrogens is 248 g/mol. The van der Waals surface area contributed by atoms with Gasteiger partial charge in [-0.2, -0.15) is 0 Å². The Hall–Kier alpha value is -2.23. The normalized spacial score (nSPS) is 9.39. The molecule has 1 amide bonds. The first-order valence-corrected chi connectivity index (χ1v) is 6.00. The number of nitrogens with two attached hydrogens (primary N) is 1. The van der Waals surface area contributed by atoms with E-state index >= 15 is 0 Å². The molecule has 18 heavy (non-hydrogen) atoms. The summed E-state index contributed by atoms with van der Waals surface area (Å²) < 4.78 is 3.63. The van der Waals surface area contributed by atoms with E-state index in [0.717, 1.165) is 17.1 Å². The molecule has 1 heterocycles. The summed E-state index contributed by atoms with van der Waals surface area (Å²) in [4.78, 5) is 11.7. The van der Waals surface area contributed by atoms with Crippen molar-refractivity contribution in [3.05, 3.63) is 40.9 Å². The van der Waals surface area contributed by atoms with Gasteiger partial charge in [-0.1, -0.05) is 16.3 Å². The minimum absolute atomic E-state index is 0.274. The lowest BCUT2D eigenvalue weighted by molar-refractivity contribution is 0.102. The summed E-state index contributed by atoms with van der Waals surface area (Å²) in [6.07, 6.45) is 0. The fraction of sp³-hybridized carbons (Fsp3) is 0.0833. The number of hydrogen-bond donors (Lipinski definition) is 2. The van der Waals surface area contributed by atoms with Crippen LogP contribution in [0.2, 0.25) is 0 Å². The zero-order valence-corrected chi connectivity index (χ0v) is 10.2. The molecule has 0 unspecified atom stereocenters. The zero-order valence-electron chi connectivity index (χ0n) is 9.38. The number of aromatic nitrogens is 2. The number of nitrogens with zero attached hydrogens (tertiary/aromatic N) is 2. The third-order valence-electron chi connectivity index (χ3n) is 2.07. The third-order valence-corrected chi connectivity index (χ3v) is 2.57. The molecule has 5 nitrogen and oxygen atoms in total. The van der Waals surface area contributed by atoms with E-state index < -0.39 is 0 Å². The van der Waals surface area contributed by atoms with Crippen molar-refractivity contribution in [1.29, 1.82) is 0 Å². The summed E-state index contributed by atoms with van der Waals surface area (Å²) in [6.45, 7) is 0.329. The van der Waals surface area contributed by atoms with E-state index in [0.29, 0.717) is 17.9 Å². The van der Waals surface area contributed by atoms with Crippen molar-refractivity contribution in [2.24, 2.45) is 5.73 Å². The van der Waals surface area contributed by atoms with Crippen LogP contribution in [0.5, 0.6) is 0 Å². The predicted molar refractivity (Wildman–Crippen MR) is 70.2 cm³/mol. The van der Waals surface area contributed by atoms with Gasteiger partial charge in [-0.3, -0.25) is 4.79 Å². The maximum Gasteiger partial charge on any atom is 0.277 e. The highest BCUT2D eigenvalue weighted by molar-refractivity contribution is 7.03. The van der Waals surface area contributed by atoms with Crippen LogP contribution in [0.15, 0.2) is 29.6 Å². The predicted octanol–water partition coefficient (Wildman–Crippen LogP) is 1.10. The Labute approximate surface area is 108 Å². The monoisotopic (exact) mass is 258 g/mol. The highest BCUT2D eigenvalue weighted by Gasteiger charge is 2.08. The van der Waals surface area contributed by atoms with Crippen LogP contribution in [0.3, 0.4) is 0 Å². The summed E-state index contributed by atoms with van der Waals surface area (Å²) in [5.74, 6) is 5.39. The van der Waals surface area contributed by atoms with E-state index in [4.69, 9.17) is 5.73 Å². The summed E-state index contributed by atoms with van der Waals surface area (Å²) in [5.41, 5.74) is 7.14. The summed E-state index contributed by atoms with van der Waals surface area (Å²) in [6, 6.07) is 7.19. The quantitative estimate of drug-likeness (QED) is 0.790. The first-order chi connectivity index (χ1) is 8.79. The summed E-state index contributed by atoms with van der Waals surface area (Å²) in [7, 11) is 0. The van der Waals surface area contributed by atoms with Crippen LogP contribution >= 0.6 is 11.5 Å². The molecule has 0 aliphatic heterocycles. The van der Waals surface area contributed by atoms with Crippen molar-refractivity contribution in [1.82, 2.24) is 9.59 Å². The molecule has 0 saturated heterocycles. The van der Waals surface area contributed by atoms with Crippen molar-refractivity contribution in [3.8, 4) is 11.8 Å². The van der Waals surface area contributed by atoms with E-state index in [2.05, 4.69) is 26.7 Å².